The highest BCUT2D eigenvalue weighted by Gasteiger charge is 2.21. The molecule has 0 saturated carbocycles. The number of hydrogen-bond acceptors (Lipinski definition) is 3. The van der Waals surface area contributed by atoms with E-state index >= 15 is 0 Å². The molecule has 0 fully saturated rings. The number of para-hydroxylation sites is 4. The van der Waals surface area contributed by atoms with Crippen LogP contribution in [0.4, 0.5) is 0 Å². The quantitative estimate of drug-likeness (QED) is 0.188. The van der Waals surface area contributed by atoms with Crippen molar-refractivity contribution >= 4 is 43.6 Å². The van der Waals surface area contributed by atoms with Gasteiger partial charge in [-0.1, -0.05) is 133 Å². The van der Waals surface area contributed by atoms with Gasteiger partial charge >= 0.3 is 0 Å². The van der Waals surface area contributed by atoms with E-state index in [0.717, 1.165) is 49.7 Å². The largest absolute Gasteiger partial charge is 0.309 e. The van der Waals surface area contributed by atoms with Gasteiger partial charge in [0.05, 0.1) is 27.8 Å². The van der Waals surface area contributed by atoms with Gasteiger partial charge in [-0.05, 0) is 53.6 Å². The van der Waals surface area contributed by atoms with Crippen LogP contribution in [-0.4, -0.2) is 24.1 Å². The normalized spacial score (nSPS) is 11.6. The maximum absolute atomic E-state index is 5.28. The monoisotopic (exact) mass is 639 g/mol. The Hall–Kier alpha value is -6.85. The molecule has 5 nitrogen and oxygen atoms in total. The Labute approximate surface area is 288 Å². The molecule has 10 aromatic rings. The smallest absolute Gasteiger partial charge is 0.238 e. The van der Waals surface area contributed by atoms with Gasteiger partial charge in [-0.3, -0.25) is 4.57 Å². The predicted molar refractivity (Wildman–Crippen MR) is 205 cm³/mol. The summed E-state index contributed by atoms with van der Waals surface area (Å²) in [6.07, 6.45) is 0. The highest BCUT2D eigenvalue weighted by atomic mass is 15.2. The van der Waals surface area contributed by atoms with Crippen LogP contribution in [0.1, 0.15) is 0 Å². The van der Waals surface area contributed by atoms with Crippen molar-refractivity contribution in [3.8, 4) is 45.5 Å². The maximum atomic E-state index is 5.28. The van der Waals surface area contributed by atoms with Gasteiger partial charge in [0.25, 0.3) is 0 Å². The summed E-state index contributed by atoms with van der Waals surface area (Å²) in [6.45, 7) is 0. The Bertz CT molecular complexity index is 2810. The second kappa shape index (κ2) is 11.4. The van der Waals surface area contributed by atoms with Crippen LogP contribution < -0.4 is 0 Å². The van der Waals surface area contributed by atoms with E-state index in [9.17, 15) is 0 Å². The van der Waals surface area contributed by atoms with Crippen molar-refractivity contribution in [2.75, 3.05) is 0 Å². The molecule has 7 aromatic carbocycles. The first-order chi connectivity index (χ1) is 24.8. The van der Waals surface area contributed by atoms with Crippen LogP contribution in [-0.2, 0) is 0 Å². The predicted octanol–water partition coefficient (Wildman–Crippen LogP) is 11.1. The average Bonchev–Trinajstić information content (AvgIpc) is 3.71. The highest BCUT2D eigenvalue weighted by molar-refractivity contribution is 6.11. The zero-order chi connectivity index (χ0) is 33.0. The number of nitrogens with zero attached hydrogens (tertiary/aromatic N) is 5. The van der Waals surface area contributed by atoms with E-state index in [1.54, 1.807) is 0 Å². The summed E-state index contributed by atoms with van der Waals surface area (Å²) in [5.41, 5.74) is 9.59. The third-order valence-corrected chi connectivity index (χ3v) is 9.60. The molecule has 3 aromatic heterocycles. The van der Waals surface area contributed by atoms with E-state index in [1.165, 1.54) is 21.9 Å². The molecule has 0 N–H and O–H groups in total. The second-order valence-electron chi connectivity index (χ2n) is 12.5. The summed E-state index contributed by atoms with van der Waals surface area (Å²) < 4.78 is 4.51. The fraction of sp³-hybridized carbons (Fsp3) is 0. The molecule has 0 spiro atoms. The third kappa shape index (κ3) is 4.45. The van der Waals surface area contributed by atoms with E-state index < -0.39 is 0 Å². The molecule has 0 unspecified atom stereocenters. The second-order valence-corrected chi connectivity index (χ2v) is 12.5. The fourth-order valence-corrected chi connectivity index (χ4v) is 7.34. The molecule has 0 radical (unpaired) electrons. The Balaban J connectivity index is 1.25. The molecule has 0 aliphatic rings. The summed E-state index contributed by atoms with van der Waals surface area (Å²) in [4.78, 5) is 15.6. The van der Waals surface area contributed by atoms with Crippen LogP contribution in [0.15, 0.2) is 176 Å². The Morgan fingerprint density at radius 3 is 1.50 bits per heavy atom. The standard InChI is InChI=1S/C45H29N5/c1-3-15-30(16-4-1)32-27-28-42-37(29-32)35-21-9-11-23-38(35)49(42)41-26-14-10-22-36(41)44-46-43(31-17-5-2-6-18-31)47-45(48-44)50-39-24-12-7-19-33(39)34-20-8-13-25-40(34)50/h1-29H. The number of benzene rings is 7. The summed E-state index contributed by atoms with van der Waals surface area (Å²) >= 11 is 0. The number of aromatic nitrogens is 5. The van der Waals surface area contributed by atoms with Gasteiger partial charge in [0.15, 0.2) is 11.6 Å². The van der Waals surface area contributed by atoms with Crippen LogP contribution in [0.5, 0.6) is 0 Å². The van der Waals surface area contributed by atoms with E-state index in [1.807, 2.05) is 18.2 Å². The van der Waals surface area contributed by atoms with Gasteiger partial charge in [0.2, 0.25) is 5.95 Å². The average molecular weight is 640 g/mol. The van der Waals surface area contributed by atoms with Crippen molar-refractivity contribution in [3.05, 3.63) is 176 Å². The molecule has 10 rings (SSSR count). The summed E-state index contributed by atoms with van der Waals surface area (Å²) in [5, 5.41) is 4.71. The van der Waals surface area contributed by atoms with Gasteiger partial charge in [-0.15, -0.1) is 0 Å². The van der Waals surface area contributed by atoms with E-state index in [0.29, 0.717) is 17.6 Å². The molecular weight excluding hydrogens is 611 g/mol. The van der Waals surface area contributed by atoms with E-state index in [4.69, 9.17) is 15.0 Å². The van der Waals surface area contributed by atoms with Gasteiger partial charge in [-0.25, -0.2) is 4.98 Å². The van der Waals surface area contributed by atoms with Crippen LogP contribution in [0.25, 0.3) is 89.2 Å². The van der Waals surface area contributed by atoms with Crippen molar-refractivity contribution in [1.29, 1.82) is 0 Å². The molecule has 0 saturated heterocycles. The van der Waals surface area contributed by atoms with E-state index in [-0.39, 0.29) is 0 Å². The molecule has 0 aliphatic heterocycles. The van der Waals surface area contributed by atoms with Crippen LogP contribution in [0.3, 0.4) is 0 Å². The molecule has 234 valence electrons. The summed E-state index contributed by atoms with van der Waals surface area (Å²) in [7, 11) is 0. The Morgan fingerprint density at radius 1 is 0.320 bits per heavy atom. The lowest BCUT2D eigenvalue weighted by Crippen LogP contribution is -2.07. The Morgan fingerprint density at radius 2 is 0.820 bits per heavy atom. The molecular formula is C45H29N5. The molecule has 3 heterocycles. The van der Waals surface area contributed by atoms with Gasteiger partial charge in [0.1, 0.15) is 0 Å². The van der Waals surface area contributed by atoms with Crippen LogP contribution >= 0.6 is 0 Å². The summed E-state index contributed by atoms with van der Waals surface area (Å²) in [6, 6.07) is 61.4. The molecule has 0 aliphatic carbocycles. The molecule has 0 bridgehead atoms. The minimum Gasteiger partial charge on any atom is -0.309 e. The molecule has 5 heteroatoms. The zero-order valence-electron chi connectivity index (χ0n) is 27.0. The zero-order valence-corrected chi connectivity index (χ0v) is 27.0. The fourth-order valence-electron chi connectivity index (χ4n) is 7.34. The first-order valence-electron chi connectivity index (χ1n) is 16.8. The van der Waals surface area contributed by atoms with Crippen molar-refractivity contribution in [1.82, 2.24) is 24.1 Å². The SMILES string of the molecule is c1ccc(-c2ccc3c(c2)c2ccccc2n3-c2ccccc2-c2nc(-c3ccccc3)nc(-n3c4ccccc4c4ccccc43)n2)cc1. The topological polar surface area (TPSA) is 48.5 Å². The van der Waals surface area contributed by atoms with Crippen LogP contribution in [0.2, 0.25) is 0 Å². The molecule has 0 amide bonds. The number of fused-ring (bicyclic) bond motifs is 6. The number of rotatable bonds is 5. The molecule has 50 heavy (non-hydrogen) atoms. The first kappa shape index (κ1) is 28.2. The minimum atomic E-state index is 0.579. The minimum absolute atomic E-state index is 0.579. The maximum Gasteiger partial charge on any atom is 0.238 e. The third-order valence-electron chi connectivity index (χ3n) is 9.60. The van der Waals surface area contributed by atoms with Crippen molar-refractivity contribution < 1.29 is 0 Å². The summed E-state index contributed by atoms with van der Waals surface area (Å²) in [5.74, 6) is 1.81. The van der Waals surface area contributed by atoms with Gasteiger partial charge in [0, 0.05) is 32.7 Å². The lowest BCUT2D eigenvalue weighted by molar-refractivity contribution is 0.951. The van der Waals surface area contributed by atoms with Gasteiger partial charge < -0.3 is 4.57 Å². The number of hydrogen-bond donors (Lipinski definition) is 0. The lowest BCUT2D eigenvalue weighted by atomic mass is 10.0. The van der Waals surface area contributed by atoms with Crippen molar-refractivity contribution in [2.45, 2.75) is 0 Å². The van der Waals surface area contributed by atoms with E-state index in [2.05, 4.69) is 167 Å². The lowest BCUT2D eigenvalue weighted by Gasteiger charge is -2.15. The van der Waals surface area contributed by atoms with Crippen molar-refractivity contribution in [2.24, 2.45) is 0 Å². The Kier molecular flexibility index (Phi) is 6.42. The first-order valence-corrected chi connectivity index (χ1v) is 16.8. The van der Waals surface area contributed by atoms with Gasteiger partial charge in [-0.2, -0.15) is 9.97 Å². The van der Waals surface area contributed by atoms with Crippen LogP contribution in [0, 0.1) is 0 Å². The van der Waals surface area contributed by atoms with Crippen molar-refractivity contribution in [3.63, 3.8) is 0 Å². The highest BCUT2D eigenvalue weighted by Crippen LogP contribution is 2.38. The molecule has 0 atom stereocenters.